The summed E-state index contributed by atoms with van der Waals surface area (Å²) in [6.07, 6.45) is -0.217. The van der Waals surface area contributed by atoms with E-state index in [0.29, 0.717) is 30.9 Å². The Balaban J connectivity index is 1.80. The second-order valence-corrected chi connectivity index (χ2v) is 8.69. The second-order valence-electron chi connectivity index (χ2n) is 8.69. The van der Waals surface area contributed by atoms with Gasteiger partial charge in [-0.2, -0.15) is 0 Å². The predicted octanol–water partition coefficient (Wildman–Crippen LogP) is 4.51. The fourth-order valence-electron chi connectivity index (χ4n) is 3.31. The molecule has 1 aliphatic heterocycles. The highest BCUT2D eigenvalue weighted by Gasteiger charge is 2.28. The van der Waals surface area contributed by atoms with E-state index in [1.54, 1.807) is 36.1 Å². The molecule has 0 aliphatic carbocycles. The van der Waals surface area contributed by atoms with Gasteiger partial charge in [-0.3, -0.25) is 9.59 Å². The lowest BCUT2D eigenvalue weighted by molar-refractivity contribution is -0.138. The molecular formula is C23H27FN2O3. The van der Waals surface area contributed by atoms with Gasteiger partial charge in [-0.25, -0.2) is 4.39 Å². The first kappa shape index (κ1) is 20.8. The zero-order chi connectivity index (χ0) is 21.2. The molecular weight excluding hydrogens is 371 g/mol. The molecule has 1 heterocycles. The van der Waals surface area contributed by atoms with E-state index in [4.69, 9.17) is 4.74 Å². The molecule has 0 bridgehead atoms. The van der Waals surface area contributed by atoms with Crippen molar-refractivity contribution in [2.24, 2.45) is 5.41 Å². The van der Waals surface area contributed by atoms with Crippen molar-refractivity contribution in [1.29, 1.82) is 0 Å². The van der Waals surface area contributed by atoms with E-state index in [1.165, 1.54) is 12.1 Å². The molecule has 1 atom stereocenters. The van der Waals surface area contributed by atoms with E-state index >= 15 is 0 Å². The Kier molecular flexibility index (Phi) is 5.91. The van der Waals surface area contributed by atoms with Crippen LogP contribution in [0.2, 0.25) is 0 Å². The van der Waals surface area contributed by atoms with E-state index in [9.17, 15) is 14.0 Å². The summed E-state index contributed by atoms with van der Waals surface area (Å²) in [7, 11) is 0. The summed E-state index contributed by atoms with van der Waals surface area (Å²) in [6.45, 7) is 8.45. The van der Waals surface area contributed by atoms with Crippen LogP contribution in [0.4, 0.5) is 10.1 Å². The SMILES string of the molecule is C[C@@H]1Oc2ccc(NC(=O)CC(C)(C)C)cc2CN(Cc2ccc(F)cc2)C1=O. The first-order chi connectivity index (χ1) is 13.6. The summed E-state index contributed by atoms with van der Waals surface area (Å²) in [4.78, 5) is 26.7. The molecule has 154 valence electrons. The summed E-state index contributed by atoms with van der Waals surface area (Å²) >= 11 is 0. The number of amides is 2. The first-order valence-corrected chi connectivity index (χ1v) is 9.73. The van der Waals surface area contributed by atoms with Crippen molar-refractivity contribution < 1.29 is 18.7 Å². The van der Waals surface area contributed by atoms with Crippen LogP contribution in [0.1, 0.15) is 45.2 Å². The Morgan fingerprint density at radius 2 is 1.90 bits per heavy atom. The number of fused-ring (bicyclic) bond motifs is 1. The van der Waals surface area contributed by atoms with Crippen molar-refractivity contribution in [2.45, 2.75) is 53.3 Å². The number of anilines is 1. The van der Waals surface area contributed by atoms with Crippen LogP contribution in [0, 0.1) is 11.2 Å². The number of ether oxygens (including phenoxy) is 1. The zero-order valence-electron chi connectivity index (χ0n) is 17.3. The summed E-state index contributed by atoms with van der Waals surface area (Å²) in [5.41, 5.74) is 2.22. The van der Waals surface area contributed by atoms with Gasteiger partial charge in [0.1, 0.15) is 11.6 Å². The van der Waals surface area contributed by atoms with E-state index in [0.717, 1.165) is 11.1 Å². The maximum absolute atomic E-state index is 13.2. The number of hydrogen-bond acceptors (Lipinski definition) is 3. The fourth-order valence-corrected chi connectivity index (χ4v) is 3.31. The van der Waals surface area contributed by atoms with Crippen LogP contribution in [-0.4, -0.2) is 22.8 Å². The minimum Gasteiger partial charge on any atom is -0.481 e. The van der Waals surface area contributed by atoms with Crippen molar-refractivity contribution in [2.75, 3.05) is 5.32 Å². The predicted molar refractivity (Wildman–Crippen MR) is 110 cm³/mol. The number of benzene rings is 2. The molecule has 0 unspecified atom stereocenters. The Bertz CT molecular complexity index is 903. The van der Waals surface area contributed by atoms with Gasteiger partial charge in [0, 0.05) is 30.8 Å². The maximum Gasteiger partial charge on any atom is 0.263 e. The molecule has 3 rings (SSSR count). The first-order valence-electron chi connectivity index (χ1n) is 9.73. The van der Waals surface area contributed by atoms with Crippen molar-refractivity contribution in [3.05, 3.63) is 59.4 Å². The van der Waals surface area contributed by atoms with Crippen molar-refractivity contribution in [1.82, 2.24) is 4.90 Å². The van der Waals surface area contributed by atoms with E-state index in [2.05, 4.69) is 5.32 Å². The summed E-state index contributed by atoms with van der Waals surface area (Å²) in [6, 6.07) is 11.5. The van der Waals surface area contributed by atoms with Crippen LogP contribution in [0.15, 0.2) is 42.5 Å². The van der Waals surface area contributed by atoms with Gasteiger partial charge in [0.2, 0.25) is 5.91 Å². The maximum atomic E-state index is 13.2. The molecule has 0 saturated carbocycles. The monoisotopic (exact) mass is 398 g/mol. The number of nitrogens with zero attached hydrogens (tertiary/aromatic N) is 1. The molecule has 0 aromatic heterocycles. The number of carbonyl (C=O) groups is 2. The van der Waals surface area contributed by atoms with Gasteiger partial charge < -0.3 is 15.0 Å². The van der Waals surface area contributed by atoms with Gasteiger partial charge in [-0.15, -0.1) is 0 Å². The van der Waals surface area contributed by atoms with Gasteiger partial charge >= 0.3 is 0 Å². The minimum absolute atomic E-state index is 0.0559. The van der Waals surface area contributed by atoms with Gasteiger partial charge in [0.15, 0.2) is 6.10 Å². The third-order valence-corrected chi connectivity index (χ3v) is 4.65. The van der Waals surface area contributed by atoms with Crippen LogP contribution in [0.25, 0.3) is 0 Å². The highest BCUT2D eigenvalue weighted by atomic mass is 19.1. The molecule has 1 aliphatic rings. The summed E-state index contributed by atoms with van der Waals surface area (Å²) in [5.74, 6) is 0.123. The average molecular weight is 398 g/mol. The van der Waals surface area contributed by atoms with Crippen LogP contribution in [0.3, 0.4) is 0 Å². The Morgan fingerprint density at radius 3 is 2.55 bits per heavy atom. The normalized spacial score (nSPS) is 16.7. The molecule has 0 spiro atoms. The molecule has 1 N–H and O–H groups in total. The van der Waals surface area contributed by atoms with Gasteiger partial charge in [-0.1, -0.05) is 32.9 Å². The van der Waals surface area contributed by atoms with Crippen molar-refractivity contribution >= 4 is 17.5 Å². The molecule has 0 fully saturated rings. The Morgan fingerprint density at radius 1 is 1.21 bits per heavy atom. The molecule has 0 radical (unpaired) electrons. The lowest BCUT2D eigenvalue weighted by Gasteiger charge is -2.22. The lowest BCUT2D eigenvalue weighted by Crippen LogP contribution is -2.37. The van der Waals surface area contributed by atoms with E-state index in [-0.39, 0.29) is 23.0 Å². The number of carbonyl (C=O) groups excluding carboxylic acids is 2. The number of nitrogens with one attached hydrogen (secondary N) is 1. The number of rotatable bonds is 4. The highest BCUT2D eigenvalue weighted by Crippen LogP contribution is 2.30. The largest absolute Gasteiger partial charge is 0.481 e. The average Bonchev–Trinajstić information content (AvgIpc) is 2.73. The van der Waals surface area contributed by atoms with Crippen LogP contribution >= 0.6 is 0 Å². The van der Waals surface area contributed by atoms with Crippen LogP contribution in [0.5, 0.6) is 5.75 Å². The quantitative estimate of drug-likeness (QED) is 0.824. The molecule has 2 aromatic carbocycles. The topological polar surface area (TPSA) is 58.6 Å². The Hall–Kier alpha value is -2.89. The molecule has 2 aromatic rings. The highest BCUT2D eigenvalue weighted by molar-refractivity contribution is 5.91. The minimum atomic E-state index is -0.627. The van der Waals surface area contributed by atoms with E-state index < -0.39 is 6.10 Å². The second kappa shape index (κ2) is 8.23. The van der Waals surface area contributed by atoms with Crippen molar-refractivity contribution in [3.8, 4) is 5.75 Å². The standard InChI is InChI=1S/C23H27FN2O3/c1-15-22(28)26(13-16-5-7-18(24)8-6-16)14-17-11-19(9-10-20(17)29-15)25-21(27)12-23(2,3)4/h5-11,15H,12-14H2,1-4H3,(H,25,27)/t15-/m0/s1. The molecule has 2 amide bonds. The fraction of sp³-hybridized carbons (Fsp3) is 0.391. The lowest BCUT2D eigenvalue weighted by atomic mass is 9.92. The molecule has 0 saturated heterocycles. The van der Waals surface area contributed by atoms with Crippen LogP contribution in [-0.2, 0) is 22.7 Å². The van der Waals surface area contributed by atoms with E-state index in [1.807, 2.05) is 26.8 Å². The third kappa shape index (κ3) is 5.56. The summed E-state index contributed by atoms with van der Waals surface area (Å²) < 4.78 is 19.0. The molecule has 29 heavy (non-hydrogen) atoms. The number of hydrogen-bond donors (Lipinski definition) is 1. The zero-order valence-corrected chi connectivity index (χ0v) is 17.3. The van der Waals surface area contributed by atoms with Crippen molar-refractivity contribution in [3.63, 3.8) is 0 Å². The Labute approximate surface area is 170 Å². The molecule has 5 nitrogen and oxygen atoms in total. The van der Waals surface area contributed by atoms with Crippen LogP contribution < -0.4 is 10.1 Å². The third-order valence-electron chi connectivity index (χ3n) is 4.65. The molecule has 6 heteroatoms. The number of halogens is 1. The van der Waals surface area contributed by atoms with Gasteiger partial charge in [0.25, 0.3) is 5.91 Å². The smallest absolute Gasteiger partial charge is 0.263 e. The van der Waals surface area contributed by atoms with Gasteiger partial charge in [0.05, 0.1) is 0 Å². The summed E-state index contributed by atoms with van der Waals surface area (Å²) in [5, 5.41) is 2.92. The van der Waals surface area contributed by atoms with Gasteiger partial charge in [-0.05, 0) is 48.2 Å².